The van der Waals surface area contributed by atoms with Crippen LogP contribution >= 0.6 is 11.3 Å². The largest absolute Gasteiger partial charge is 0.496 e. The van der Waals surface area contributed by atoms with Gasteiger partial charge in [-0.1, -0.05) is 12.1 Å². The van der Waals surface area contributed by atoms with Crippen molar-refractivity contribution in [3.63, 3.8) is 0 Å². The topological polar surface area (TPSA) is 104 Å². The summed E-state index contributed by atoms with van der Waals surface area (Å²) in [6.07, 6.45) is 0. The van der Waals surface area contributed by atoms with E-state index in [0.29, 0.717) is 16.6 Å². The molecule has 0 aliphatic carbocycles. The quantitative estimate of drug-likeness (QED) is 0.467. The number of ether oxygens (including phenoxy) is 2. The van der Waals surface area contributed by atoms with Gasteiger partial charge in [-0.2, -0.15) is 0 Å². The van der Waals surface area contributed by atoms with E-state index in [1.54, 1.807) is 19.4 Å². The number of para-hydroxylation sites is 1. The fourth-order valence-corrected chi connectivity index (χ4v) is 3.26. The minimum absolute atomic E-state index is 0.122. The average molecular weight is 399 g/mol. The first-order valence-corrected chi connectivity index (χ1v) is 9.23. The lowest BCUT2D eigenvalue weighted by atomic mass is 10.1. The molecule has 9 heteroatoms. The van der Waals surface area contributed by atoms with E-state index in [-0.39, 0.29) is 23.6 Å². The van der Waals surface area contributed by atoms with Gasteiger partial charge in [-0.25, -0.2) is 4.98 Å². The third-order valence-corrected chi connectivity index (χ3v) is 4.58. The normalized spacial score (nSPS) is 10.4. The number of carbonyl (C=O) groups excluding carboxylic acids is 1. The lowest BCUT2D eigenvalue weighted by Crippen LogP contribution is -2.12. The van der Waals surface area contributed by atoms with Crippen LogP contribution in [-0.4, -0.2) is 29.5 Å². The van der Waals surface area contributed by atoms with Gasteiger partial charge < -0.3 is 9.47 Å². The number of nitro groups is 1. The molecule has 28 heavy (non-hydrogen) atoms. The lowest BCUT2D eigenvalue weighted by Gasteiger charge is -2.06. The fraction of sp³-hybridized carbons (Fsp3) is 0.158. The Bertz CT molecular complexity index is 1020. The molecule has 3 aromatic rings. The van der Waals surface area contributed by atoms with Crippen molar-refractivity contribution >= 4 is 28.1 Å². The first kappa shape index (κ1) is 19.3. The Balaban J connectivity index is 1.81. The van der Waals surface area contributed by atoms with Gasteiger partial charge in [-0.3, -0.25) is 20.2 Å². The summed E-state index contributed by atoms with van der Waals surface area (Å²) in [5.74, 6) is 0.302. The molecule has 0 radical (unpaired) electrons. The molecule has 0 spiro atoms. The molecule has 0 atom stereocenters. The molecule has 0 aliphatic heterocycles. The third-order valence-electron chi connectivity index (χ3n) is 3.83. The zero-order valence-corrected chi connectivity index (χ0v) is 16.0. The molecule has 0 bridgehead atoms. The SMILES string of the molecule is CCOc1ccc(C(=O)Nc2nc(-c3ccccc3OC)cs2)cc1[N+](=O)[O-]. The van der Waals surface area contributed by atoms with Crippen molar-refractivity contribution in [1.82, 2.24) is 4.98 Å². The number of aromatic nitrogens is 1. The molecule has 0 aliphatic rings. The van der Waals surface area contributed by atoms with Gasteiger partial charge in [0.05, 0.1) is 24.3 Å². The molecule has 0 saturated heterocycles. The first-order valence-electron chi connectivity index (χ1n) is 8.35. The van der Waals surface area contributed by atoms with Gasteiger partial charge >= 0.3 is 5.69 Å². The molecule has 1 heterocycles. The van der Waals surface area contributed by atoms with E-state index in [0.717, 1.165) is 5.56 Å². The van der Waals surface area contributed by atoms with E-state index >= 15 is 0 Å². The zero-order valence-electron chi connectivity index (χ0n) is 15.2. The highest BCUT2D eigenvalue weighted by Crippen LogP contribution is 2.32. The number of nitro benzene ring substituents is 1. The number of nitrogens with one attached hydrogen (secondary N) is 1. The highest BCUT2D eigenvalue weighted by atomic mass is 32.1. The maximum atomic E-state index is 12.5. The Morgan fingerprint density at radius 2 is 2.04 bits per heavy atom. The number of anilines is 1. The number of benzene rings is 2. The van der Waals surface area contributed by atoms with E-state index < -0.39 is 10.8 Å². The van der Waals surface area contributed by atoms with Gasteiger partial charge in [-0.05, 0) is 31.2 Å². The molecular weight excluding hydrogens is 382 g/mol. The van der Waals surface area contributed by atoms with Crippen molar-refractivity contribution in [2.75, 3.05) is 19.0 Å². The summed E-state index contributed by atoms with van der Waals surface area (Å²) in [6, 6.07) is 11.5. The zero-order chi connectivity index (χ0) is 20.1. The summed E-state index contributed by atoms with van der Waals surface area (Å²) >= 11 is 1.25. The summed E-state index contributed by atoms with van der Waals surface area (Å²) in [5.41, 5.74) is 1.35. The Morgan fingerprint density at radius 3 is 2.75 bits per heavy atom. The number of rotatable bonds is 7. The van der Waals surface area contributed by atoms with Crippen LogP contribution in [0.4, 0.5) is 10.8 Å². The van der Waals surface area contributed by atoms with Crippen molar-refractivity contribution < 1.29 is 19.2 Å². The summed E-state index contributed by atoms with van der Waals surface area (Å²) in [4.78, 5) is 27.5. The maximum Gasteiger partial charge on any atom is 0.311 e. The smallest absolute Gasteiger partial charge is 0.311 e. The molecule has 1 aromatic heterocycles. The molecule has 1 N–H and O–H groups in total. The Labute approximate surface area is 164 Å². The molecule has 2 aromatic carbocycles. The number of nitrogens with zero attached hydrogens (tertiary/aromatic N) is 2. The highest BCUT2D eigenvalue weighted by molar-refractivity contribution is 7.14. The second kappa shape index (κ2) is 8.49. The van der Waals surface area contributed by atoms with Crippen LogP contribution in [0, 0.1) is 10.1 Å². The summed E-state index contributed by atoms with van der Waals surface area (Å²) < 4.78 is 10.6. The summed E-state index contributed by atoms with van der Waals surface area (Å²) in [5, 5.41) is 16.1. The fourth-order valence-electron chi connectivity index (χ4n) is 2.56. The van der Waals surface area contributed by atoms with Gasteiger partial charge in [0, 0.05) is 22.6 Å². The van der Waals surface area contributed by atoms with E-state index in [2.05, 4.69) is 10.3 Å². The lowest BCUT2D eigenvalue weighted by molar-refractivity contribution is -0.385. The van der Waals surface area contributed by atoms with Crippen LogP contribution < -0.4 is 14.8 Å². The van der Waals surface area contributed by atoms with Crippen molar-refractivity contribution in [2.24, 2.45) is 0 Å². The van der Waals surface area contributed by atoms with Crippen LogP contribution in [-0.2, 0) is 0 Å². The van der Waals surface area contributed by atoms with E-state index in [9.17, 15) is 14.9 Å². The van der Waals surface area contributed by atoms with Gasteiger partial charge in [0.25, 0.3) is 5.91 Å². The van der Waals surface area contributed by atoms with Crippen LogP contribution in [0.1, 0.15) is 17.3 Å². The van der Waals surface area contributed by atoms with Crippen molar-refractivity contribution in [1.29, 1.82) is 0 Å². The molecule has 3 rings (SSSR count). The monoisotopic (exact) mass is 399 g/mol. The van der Waals surface area contributed by atoms with Crippen LogP contribution in [0.3, 0.4) is 0 Å². The number of methoxy groups -OCH3 is 1. The number of hydrogen-bond donors (Lipinski definition) is 1. The van der Waals surface area contributed by atoms with Crippen molar-refractivity contribution in [2.45, 2.75) is 6.92 Å². The van der Waals surface area contributed by atoms with E-state index in [1.165, 1.54) is 29.5 Å². The highest BCUT2D eigenvalue weighted by Gasteiger charge is 2.19. The minimum Gasteiger partial charge on any atom is -0.496 e. The van der Waals surface area contributed by atoms with Crippen LogP contribution in [0.5, 0.6) is 11.5 Å². The first-order chi connectivity index (χ1) is 13.5. The number of amides is 1. The van der Waals surface area contributed by atoms with Gasteiger partial charge in [-0.15, -0.1) is 11.3 Å². The van der Waals surface area contributed by atoms with Crippen LogP contribution in [0.15, 0.2) is 47.8 Å². The summed E-state index contributed by atoms with van der Waals surface area (Å²) in [7, 11) is 1.58. The number of carbonyl (C=O) groups is 1. The second-order valence-electron chi connectivity index (χ2n) is 5.56. The van der Waals surface area contributed by atoms with Gasteiger partial charge in [0.2, 0.25) is 0 Å². The van der Waals surface area contributed by atoms with Crippen molar-refractivity contribution in [3.8, 4) is 22.8 Å². The summed E-state index contributed by atoms with van der Waals surface area (Å²) in [6.45, 7) is 2.02. The van der Waals surface area contributed by atoms with Crippen molar-refractivity contribution in [3.05, 3.63) is 63.5 Å². The molecule has 1 amide bonds. The molecule has 0 fully saturated rings. The van der Waals surface area contributed by atoms with Gasteiger partial charge in [0.15, 0.2) is 10.9 Å². The predicted molar refractivity (Wildman–Crippen MR) is 106 cm³/mol. The Kier molecular flexibility index (Phi) is 5.85. The average Bonchev–Trinajstić information content (AvgIpc) is 3.16. The number of hydrogen-bond acceptors (Lipinski definition) is 7. The standard InChI is InChI=1S/C19H17N3O5S/c1-3-27-17-9-8-12(10-15(17)22(24)25)18(23)21-19-20-14(11-28-19)13-6-4-5-7-16(13)26-2/h4-11H,3H2,1-2H3,(H,20,21,23). The third kappa shape index (κ3) is 4.09. The van der Waals surface area contributed by atoms with E-state index in [1.807, 2.05) is 24.3 Å². The van der Waals surface area contributed by atoms with Crippen LogP contribution in [0.2, 0.25) is 0 Å². The number of thiazole rings is 1. The van der Waals surface area contributed by atoms with Crippen LogP contribution in [0.25, 0.3) is 11.3 Å². The second-order valence-corrected chi connectivity index (χ2v) is 6.42. The predicted octanol–water partition coefficient (Wildman–Crippen LogP) is 4.38. The minimum atomic E-state index is -0.578. The Hall–Kier alpha value is -3.46. The molecule has 144 valence electrons. The molecular formula is C19H17N3O5S. The molecule has 0 unspecified atom stereocenters. The van der Waals surface area contributed by atoms with Gasteiger partial charge in [0.1, 0.15) is 5.75 Å². The molecule has 0 saturated carbocycles. The maximum absolute atomic E-state index is 12.5. The molecule has 8 nitrogen and oxygen atoms in total. The van der Waals surface area contributed by atoms with E-state index in [4.69, 9.17) is 9.47 Å². The Morgan fingerprint density at radius 1 is 1.25 bits per heavy atom.